The Labute approximate surface area is 320 Å². The zero-order valence-corrected chi connectivity index (χ0v) is 33.7. The molecule has 10 nitrogen and oxygen atoms in total. The summed E-state index contributed by atoms with van der Waals surface area (Å²) in [6, 6.07) is 8.19. The van der Waals surface area contributed by atoms with Crippen molar-refractivity contribution in [2.45, 2.75) is 111 Å². The summed E-state index contributed by atoms with van der Waals surface area (Å²) in [4.78, 5) is 47.3. The van der Waals surface area contributed by atoms with E-state index >= 15 is 0 Å². The third-order valence-electron chi connectivity index (χ3n) is 9.60. The van der Waals surface area contributed by atoms with Gasteiger partial charge in [0.25, 0.3) is 5.91 Å². The molecule has 2 aromatic rings. The van der Waals surface area contributed by atoms with E-state index < -0.39 is 27.3 Å². The number of aliphatic imine (C=N–C) groups is 1. The first-order valence-electron chi connectivity index (χ1n) is 18.7. The Balaban J connectivity index is 1.72. The molecule has 0 aliphatic heterocycles. The number of nitrogens with one attached hydrogen (secondary N) is 2. The van der Waals surface area contributed by atoms with Crippen LogP contribution in [0.1, 0.15) is 120 Å². The predicted molar refractivity (Wildman–Crippen MR) is 213 cm³/mol. The van der Waals surface area contributed by atoms with E-state index in [2.05, 4.69) is 22.0 Å². The molecule has 0 aromatic heterocycles. The highest BCUT2D eigenvalue weighted by Gasteiger charge is 2.50. The number of ketones is 1. The fraction of sp³-hybridized carbons (Fsp3) is 0.590. The molecule has 1 aliphatic rings. The Morgan fingerprint density at radius 3 is 2.10 bits per heavy atom. The number of anilines is 2. The molecule has 2 aromatic carbocycles. The average Bonchev–Trinajstić information content (AvgIpc) is 3.90. The van der Waals surface area contributed by atoms with Gasteiger partial charge < -0.3 is 15.0 Å². The highest BCUT2D eigenvalue weighted by atomic mass is 35.5. The van der Waals surface area contributed by atoms with Gasteiger partial charge in [-0.2, -0.15) is 0 Å². The molecule has 52 heavy (non-hydrogen) atoms. The highest BCUT2D eigenvalue weighted by molar-refractivity contribution is 7.88. The number of unbranched alkanes of at least 4 members (excludes halogenated alkanes) is 9. The van der Waals surface area contributed by atoms with Crippen LogP contribution in [0.2, 0.25) is 10.0 Å². The summed E-state index contributed by atoms with van der Waals surface area (Å²) >= 11 is 12.9. The van der Waals surface area contributed by atoms with Gasteiger partial charge in [-0.1, -0.05) is 94.8 Å². The quantitative estimate of drug-likeness (QED) is 0.0470. The van der Waals surface area contributed by atoms with Crippen LogP contribution in [-0.2, 0) is 24.3 Å². The molecule has 288 valence electrons. The second kappa shape index (κ2) is 21.0. The normalized spacial score (nSPS) is 13.9. The molecule has 2 N–H and O–H groups in total. The van der Waals surface area contributed by atoms with Crippen LogP contribution in [0.4, 0.5) is 17.1 Å². The molecule has 1 saturated carbocycles. The van der Waals surface area contributed by atoms with Crippen LogP contribution in [0.25, 0.3) is 0 Å². The molecule has 1 fully saturated rings. The summed E-state index contributed by atoms with van der Waals surface area (Å²) in [5.41, 5.74) is 1.28. The maximum atomic E-state index is 13.8. The monoisotopic (exact) mass is 778 g/mol. The Morgan fingerprint density at radius 2 is 1.54 bits per heavy atom. The molecular weight excluding hydrogens is 723 g/mol. The third kappa shape index (κ3) is 13.5. The van der Waals surface area contributed by atoms with E-state index in [4.69, 9.17) is 27.9 Å². The maximum Gasteiger partial charge on any atom is 0.339 e. The molecule has 0 radical (unpaired) electrons. The molecule has 3 rings (SSSR count). The summed E-state index contributed by atoms with van der Waals surface area (Å²) in [5.74, 6) is -1.71. The summed E-state index contributed by atoms with van der Waals surface area (Å²) in [6.45, 7) is 9.53. The van der Waals surface area contributed by atoms with Crippen molar-refractivity contribution in [1.29, 1.82) is 0 Å². The second-order valence-electron chi connectivity index (χ2n) is 13.7. The molecule has 0 heterocycles. The van der Waals surface area contributed by atoms with Crippen LogP contribution in [0.15, 0.2) is 35.3 Å². The number of likely N-dealkylation sites (N-methyl/N-ethyl adjacent to an activating group) is 1. The Morgan fingerprint density at radius 1 is 0.904 bits per heavy atom. The van der Waals surface area contributed by atoms with Crippen LogP contribution in [0.3, 0.4) is 0 Å². The van der Waals surface area contributed by atoms with Gasteiger partial charge in [-0.3, -0.25) is 9.59 Å². The van der Waals surface area contributed by atoms with Crippen molar-refractivity contribution in [2.75, 3.05) is 42.7 Å². The summed E-state index contributed by atoms with van der Waals surface area (Å²) in [5, 5.41) is 2.90. The van der Waals surface area contributed by atoms with Crippen molar-refractivity contribution < 1.29 is 27.5 Å². The lowest BCUT2D eigenvalue weighted by Crippen LogP contribution is -2.35. The largest absolute Gasteiger partial charge is 0.462 e. The van der Waals surface area contributed by atoms with Gasteiger partial charge in [0, 0.05) is 30.7 Å². The number of carbonyl (C=O) groups excluding carboxylic acids is 3. The number of ether oxygens (including phenoxy) is 1. The summed E-state index contributed by atoms with van der Waals surface area (Å²) in [7, 11) is -3.31. The average molecular weight is 780 g/mol. The maximum absolute atomic E-state index is 13.8. The van der Waals surface area contributed by atoms with E-state index in [-0.39, 0.29) is 45.9 Å². The molecule has 1 aliphatic carbocycles. The minimum atomic E-state index is -3.31. The number of halogens is 2. The lowest BCUT2D eigenvalue weighted by atomic mass is 9.93. The first-order valence-corrected chi connectivity index (χ1v) is 21.3. The number of sulfonamides is 1. The highest BCUT2D eigenvalue weighted by Crippen LogP contribution is 2.50. The fourth-order valence-corrected chi connectivity index (χ4v) is 7.05. The number of rotatable bonds is 24. The fourth-order valence-electron chi connectivity index (χ4n) is 6.08. The molecular formula is C39H56Cl2N4O6S. The van der Waals surface area contributed by atoms with E-state index in [0.29, 0.717) is 38.0 Å². The van der Waals surface area contributed by atoms with Crippen LogP contribution in [-0.4, -0.2) is 64.3 Å². The Kier molecular flexibility index (Phi) is 17.6. The Bertz CT molecular complexity index is 1680. The number of hydrogen-bond donors (Lipinski definition) is 2. The van der Waals surface area contributed by atoms with Crippen molar-refractivity contribution in [3.05, 3.63) is 51.5 Å². The summed E-state index contributed by atoms with van der Waals surface area (Å²) in [6.07, 6.45) is 14.7. The lowest BCUT2D eigenvalue weighted by molar-refractivity contribution is -0.119. The first-order chi connectivity index (χ1) is 24.7. The number of benzene rings is 2. The number of aryl methyl sites for hydroxylation is 1. The zero-order chi connectivity index (χ0) is 38.3. The number of nitrogens with zero attached hydrogens (tertiary/aromatic N) is 2. The van der Waals surface area contributed by atoms with Crippen molar-refractivity contribution >= 4 is 73.7 Å². The first kappa shape index (κ1) is 43.4. The van der Waals surface area contributed by atoms with Crippen LogP contribution in [0, 0.1) is 12.3 Å². The van der Waals surface area contributed by atoms with E-state index in [9.17, 15) is 22.8 Å². The van der Waals surface area contributed by atoms with Gasteiger partial charge in [0.15, 0.2) is 11.5 Å². The smallest absolute Gasteiger partial charge is 0.339 e. The van der Waals surface area contributed by atoms with E-state index in [1.807, 2.05) is 37.8 Å². The van der Waals surface area contributed by atoms with Crippen molar-refractivity contribution in [2.24, 2.45) is 10.4 Å². The second-order valence-corrected chi connectivity index (χ2v) is 16.4. The molecule has 0 unspecified atom stereocenters. The third-order valence-corrected chi connectivity index (χ3v) is 11.0. The van der Waals surface area contributed by atoms with Gasteiger partial charge in [-0.25, -0.2) is 22.9 Å². The van der Waals surface area contributed by atoms with E-state index in [1.54, 1.807) is 6.07 Å². The van der Waals surface area contributed by atoms with Gasteiger partial charge >= 0.3 is 5.97 Å². The zero-order valence-electron chi connectivity index (χ0n) is 31.4. The number of carbonyl (C=O) groups is 3. The SMILES string of the molecule is CCCCCCCCCCCCOC(=O)c1cc(NC(=O)C(=Nc2ccc(N(CC)CCNS(C)(=O)=O)cc2C)C(=O)C2(CC)CC2)c(Cl)cc1Cl. The minimum Gasteiger partial charge on any atom is -0.462 e. The predicted octanol–water partition coefficient (Wildman–Crippen LogP) is 9.23. The molecule has 0 spiro atoms. The van der Waals surface area contributed by atoms with Crippen molar-refractivity contribution in [3.8, 4) is 0 Å². The topological polar surface area (TPSA) is 134 Å². The van der Waals surface area contributed by atoms with Crippen molar-refractivity contribution in [3.63, 3.8) is 0 Å². The van der Waals surface area contributed by atoms with Gasteiger partial charge in [-0.05, 0) is 75.4 Å². The molecule has 0 saturated heterocycles. The van der Waals surface area contributed by atoms with Crippen LogP contribution >= 0.6 is 23.2 Å². The summed E-state index contributed by atoms with van der Waals surface area (Å²) < 4.78 is 31.0. The van der Waals surface area contributed by atoms with Crippen LogP contribution < -0.4 is 14.9 Å². The standard InChI is InChI=1S/C39H56Cl2N4O6S/c1-6-9-10-11-12-13-14-15-16-17-24-51-38(48)30-26-34(32(41)27-31(30)40)44-37(47)35(36(46)39(7-2)20-21-39)43-33-19-18-29(25-28(33)4)45(8-3)23-22-42-52(5,49)50/h18-19,25-27,42H,6-17,20-24H2,1-5H3,(H,44,47). The van der Waals surface area contributed by atoms with Gasteiger partial charge in [-0.15, -0.1) is 0 Å². The number of hydrogen-bond acceptors (Lipinski definition) is 8. The number of esters is 1. The van der Waals surface area contributed by atoms with E-state index in [0.717, 1.165) is 36.8 Å². The van der Waals surface area contributed by atoms with Gasteiger partial charge in [0.1, 0.15) is 0 Å². The Hall–Kier alpha value is -2.99. The molecule has 1 amide bonds. The number of amides is 1. The van der Waals surface area contributed by atoms with Crippen molar-refractivity contribution in [1.82, 2.24) is 4.72 Å². The van der Waals surface area contributed by atoms with E-state index in [1.165, 1.54) is 57.1 Å². The lowest BCUT2D eigenvalue weighted by Gasteiger charge is -2.24. The van der Waals surface area contributed by atoms with Gasteiger partial charge in [0.2, 0.25) is 10.0 Å². The molecule has 0 atom stereocenters. The van der Waals surface area contributed by atoms with Gasteiger partial charge in [0.05, 0.1) is 39.8 Å². The molecule has 0 bridgehead atoms. The molecule has 13 heteroatoms. The van der Waals surface area contributed by atoms with Crippen LogP contribution in [0.5, 0.6) is 0 Å². The minimum absolute atomic E-state index is 0.0594. The number of Topliss-reactive ketones (excluding diaryl/α,β-unsaturated/α-hetero) is 1.